The lowest BCUT2D eigenvalue weighted by Crippen LogP contribution is -2.42. The lowest BCUT2D eigenvalue weighted by molar-refractivity contribution is 0.0940. The van der Waals surface area contributed by atoms with Crippen LogP contribution < -0.4 is 0 Å². The van der Waals surface area contributed by atoms with E-state index in [0.717, 1.165) is 17.8 Å². The van der Waals surface area contributed by atoms with Crippen molar-refractivity contribution in [2.45, 2.75) is 65.7 Å². The van der Waals surface area contributed by atoms with E-state index in [0.29, 0.717) is 10.8 Å². The third-order valence-corrected chi connectivity index (χ3v) is 7.72. The minimum atomic E-state index is 0.364. The summed E-state index contributed by atoms with van der Waals surface area (Å²) in [4.78, 5) is 0. The first kappa shape index (κ1) is 13.9. The monoisotopic (exact) mass is 282 g/mol. The lowest BCUT2D eigenvalue weighted by Gasteiger charge is -2.52. The van der Waals surface area contributed by atoms with E-state index in [1.165, 1.54) is 44.9 Å². The van der Waals surface area contributed by atoms with Gasteiger partial charge in [-0.3, -0.25) is 0 Å². The van der Waals surface area contributed by atoms with Gasteiger partial charge in [0, 0.05) is 5.41 Å². The fourth-order valence-corrected chi connectivity index (χ4v) is 6.38. The predicted octanol–water partition coefficient (Wildman–Crippen LogP) is 6.06. The third kappa shape index (κ3) is 1.74. The smallest absolute Gasteiger partial charge is 0.0136 e. The highest BCUT2D eigenvalue weighted by Gasteiger charge is 2.54. The minimum Gasteiger partial charge on any atom is -0.0842 e. The summed E-state index contributed by atoms with van der Waals surface area (Å²) < 4.78 is 0. The molecule has 0 aromatic heterocycles. The molecular weight excluding hydrogens is 252 g/mol. The van der Waals surface area contributed by atoms with Crippen LogP contribution in [0, 0.1) is 28.6 Å². The molecule has 0 nitrogen and oxygen atoms in total. The molecule has 21 heavy (non-hydrogen) atoms. The molecule has 1 saturated carbocycles. The zero-order chi connectivity index (χ0) is 14.7. The molecule has 1 fully saturated rings. The maximum absolute atomic E-state index is 2.70. The van der Waals surface area contributed by atoms with Gasteiger partial charge in [-0.25, -0.2) is 0 Å². The van der Waals surface area contributed by atoms with Gasteiger partial charge >= 0.3 is 0 Å². The largest absolute Gasteiger partial charge is 0.0842 e. The van der Waals surface area contributed by atoms with Crippen LogP contribution in [0.2, 0.25) is 0 Å². The van der Waals surface area contributed by atoms with Crippen molar-refractivity contribution in [3.05, 3.63) is 35.5 Å². The van der Waals surface area contributed by atoms with Gasteiger partial charge in [0.15, 0.2) is 0 Å². The molecule has 0 bridgehead atoms. The summed E-state index contributed by atoms with van der Waals surface area (Å²) in [5.74, 6) is 2.76. The number of allylic oxidation sites excluding steroid dienone is 6. The van der Waals surface area contributed by atoms with E-state index in [1.807, 2.05) is 5.57 Å². The molecule has 0 heterocycles. The lowest BCUT2D eigenvalue weighted by atomic mass is 9.52. The average Bonchev–Trinajstić information content (AvgIpc) is 2.83. The van der Waals surface area contributed by atoms with Gasteiger partial charge in [0.25, 0.3) is 0 Å². The fraction of sp³-hybridized carbons (Fsp3) is 0.714. The number of rotatable bonds is 1. The van der Waals surface area contributed by atoms with Crippen LogP contribution in [0.5, 0.6) is 0 Å². The number of fused-ring (bicyclic) bond motifs is 5. The Morgan fingerprint density at radius 2 is 2.05 bits per heavy atom. The van der Waals surface area contributed by atoms with Crippen LogP contribution in [-0.4, -0.2) is 0 Å². The molecule has 4 aliphatic carbocycles. The van der Waals surface area contributed by atoms with E-state index in [-0.39, 0.29) is 0 Å². The van der Waals surface area contributed by atoms with Crippen molar-refractivity contribution in [1.82, 2.24) is 0 Å². The van der Waals surface area contributed by atoms with E-state index < -0.39 is 0 Å². The Labute approximate surface area is 130 Å². The van der Waals surface area contributed by atoms with Gasteiger partial charge in [-0.2, -0.15) is 0 Å². The summed E-state index contributed by atoms with van der Waals surface area (Å²) in [6, 6.07) is 0. The first-order valence-corrected chi connectivity index (χ1v) is 9.17. The summed E-state index contributed by atoms with van der Waals surface area (Å²) in [5.41, 5.74) is 4.40. The Morgan fingerprint density at radius 3 is 2.86 bits per heavy atom. The zero-order valence-electron chi connectivity index (χ0n) is 14.0. The SMILES string of the molecule is CC[C@@H]1CC[C@H]2[C@@H]3CC=C4C=CCC[C@]4(C)C3=CC[C@]12C. The van der Waals surface area contributed by atoms with Gasteiger partial charge in [0.1, 0.15) is 0 Å². The molecule has 5 atom stereocenters. The molecule has 0 amide bonds. The van der Waals surface area contributed by atoms with Crippen molar-refractivity contribution in [1.29, 1.82) is 0 Å². The van der Waals surface area contributed by atoms with Crippen molar-refractivity contribution in [3.63, 3.8) is 0 Å². The van der Waals surface area contributed by atoms with Crippen molar-refractivity contribution in [2.75, 3.05) is 0 Å². The molecule has 4 aliphatic rings. The standard InChI is InChI=1S/C21H30/c1-4-15-9-11-18-17-10-8-16-7-5-6-13-20(16,2)19(17)12-14-21(15,18)3/h5,7-8,12,15,17-18H,4,6,9-11,13-14H2,1-3H3/t15-,17+,18+,20+,21-/m1/s1. The first-order valence-electron chi connectivity index (χ1n) is 9.17. The molecule has 0 aliphatic heterocycles. The van der Waals surface area contributed by atoms with Gasteiger partial charge in [0.05, 0.1) is 0 Å². The Bertz CT molecular complexity index is 534. The maximum atomic E-state index is 2.70. The van der Waals surface area contributed by atoms with Crippen LogP contribution in [0.3, 0.4) is 0 Å². The molecule has 0 aromatic carbocycles. The second kappa shape index (κ2) is 4.61. The Morgan fingerprint density at radius 1 is 1.19 bits per heavy atom. The average molecular weight is 282 g/mol. The van der Waals surface area contributed by atoms with Gasteiger partial charge in [-0.05, 0) is 67.3 Å². The van der Waals surface area contributed by atoms with Crippen LogP contribution >= 0.6 is 0 Å². The van der Waals surface area contributed by atoms with Crippen LogP contribution in [0.1, 0.15) is 65.7 Å². The second-order valence-electron chi connectivity index (χ2n) is 8.43. The quantitative estimate of drug-likeness (QED) is 0.513. The van der Waals surface area contributed by atoms with Gasteiger partial charge < -0.3 is 0 Å². The van der Waals surface area contributed by atoms with Crippen molar-refractivity contribution < 1.29 is 0 Å². The molecule has 0 radical (unpaired) electrons. The van der Waals surface area contributed by atoms with Gasteiger partial charge in [0.2, 0.25) is 0 Å². The fourth-order valence-electron chi connectivity index (χ4n) is 6.38. The molecule has 0 N–H and O–H groups in total. The summed E-state index contributed by atoms with van der Waals surface area (Å²) in [7, 11) is 0. The van der Waals surface area contributed by atoms with E-state index in [9.17, 15) is 0 Å². The summed E-state index contributed by atoms with van der Waals surface area (Å²) in [6.07, 6.45) is 19.6. The maximum Gasteiger partial charge on any atom is 0.0136 e. The molecule has 0 spiro atoms. The van der Waals surface area contributed by atoms with Crippen LogP contribution in [0.4, 0.5) is 0 Å². The first-order chi connectivity index (χ1) is 10.1. The Balaban J connectivity index is 1.75. The molecule has 0 heteroatoms. The predicted molar refractivity (Wildman–Crippen MR) is 90.0 cm³/mol. The van der Waals surface area contributed by atoms with Crippen LogP contribution in [-0.2, 0) is 0 Å². The highest BCUT2D eigenvalue weighted by molar-refractivity contribution is 5.44. The van der Waals surface area contributed by atoms with Crippen molar-refractivity contribution in [2.24, 2.45) is 28.6 Å². The highest BCUT2D eigenvalue weighted by Crippen LogP contribution is 2.63. The number of hydrogen-bond acceptors (Lipinski definition) is 0. The molecule has 114 valence electrons. The molecule has 0 unspecified atom stereocenters. The summed E-state index contributed by atoms with van der Waals surface area (Å²) in [5, 5.41) is 0. The van der Waals surface area contributed by atoms with E-state index in [1.54, 1.807) is 5.57 Å². The van der Waals surface area contributed by atoms with E-state index in [2.05, 4.69) is 45.1 Å². The van der Waals surface area contributed by atoms with Gasteiger partial charge in [-0.15, -0.1) is 0 Å². The summed E-state index contributed by atoms with van der Waals surface area (Å²) >= 11 is 0. The van der Waals surface area contributed by atoms with Gasteiger partial charge in [-0.1, -0.05) is 57.1 Å². The van der Waals surface area contributed by atoms with Crippen molar-refractivity contribution in [3.8, 4) is 0 Å². The number of hydrogen-bond donors (Lipinski definition) is 0. The van der Waals surface area contributed by atoms with Crippen LogP contribution in [0.25, 0.3) is 0 Å². The van der Waals surface area contributed by atoms with E-state index >= 15 is 0 Å². The second-order valence-corrected chi connectivity index (χ2v) is 8.43. The van der Waals surface area contributed by atoms with Crippen LogP contribution in [0.15, 0.2) is 35.5 Å². The molecular formula is C21H30. The topological polar surface area (TPSA) is 0 Å². The minimum absolute atomic E-state index is 0.364. The Hall–Kier alpha value is -0.780. The molecule has 0 saturated heterocycles. The third-order valence-electron chi connectivity index (χ3n) is 7.72. The normalized spacial score (nSPS) is 48.0. The summed E-state index contributed by atoms with van der Waals surface area (Å²) in [6.45, 7) is 7.54. The molecule has 4 rings (SSSR count). The highest BCUT2D eigenvalue weighted by atomic mass is 14.6. The zero-order valence-corrected chi connectivity index (χ0v) is 14.0. The van der Waals surface area contributed by atoms with Crippen molar-refractivity contribution >= 4 is 0 Å². The molecule has 0 aromatic rings. The van der Waals surface area contributed by atoms with E-state index in [4.69, 9.17) is 0 Å². The Kier molecular flexibility index (Phi) is 3.04.